The van der Waals surface area contributed by atoms with E-state index >= 15 is 0 Å². The van der Waals surface area contributed by atoms with Gasteiger partial charge in [0.2, 0.25) is 5.60 Å². The van der Waals surface area contributed by atoms with Crippen molar-refractivity contribution in [3.05, 3.63) is 0 Å². The zero-order chi connectivity index (χ0) is 12.5. The number of aliphatic hydroxyl groups excluding tert-OH is 3. The summed E-state index contributed by atoms with van der Waals surface area (Å²) in [6.07, 6.45) is -5.21. The largest absolute Gasteiger partial charge is 0.478 e. The fraction of sp³-hybridized carbons (Fsp3) is 0.778. The molecule has 0 aliphatic heterocycles. The molecule has 0 spiro atoms. The van der Waals surface area contributed by atoms with Crippen molar-refractivity contribution in [3.63, 3.8) is 0 Å². The molecule has 1 unspecified atom stereocenters. The van der Waals surface area contributed by atoms with Gasteiger partial charge in [0, 0.05) is 19.8 Å². The minimum absolute atomic E-state index is 0.444. The molecule has 0 heterocycles. The van der Waals surface area contributed by atoms with E-state index in [0.717, 1.165) is 6.92 Å². The molecule has 0 aromatic rings. The SMILES string of the molecule is CC(=O)O[C@]1(C(=O)O)CC(O)[C@H](O)[C@H](O)C1. The highest BCUT2D eigenvalue weighted by Crippen LogP contribution is 2.33. The number of hydrogen-bond donors (Lipinski definition) is 4. The number of aliphatic carboxylic acids is 1. The molecule has 1 aliphatic carbocycles. The van der Waals surface area contributed by atoms with Crippen molar-refractivity contribution >= 4 is 11.9 Å². The fourth-order valence-corrected chi connectivity index (χ4v) is 1.83. The molecular weight excluding hydrogens is 220 g/mol. The van der Waals surface area contributed by atoms with Gasteiger partial charge in [0.25, 0.3) is 0 Å². The lowest BCUT2D eigenvalue weighted by atomic mass is 9.79. The van der Waals surface area contributed by atoms with Gasteiger partial charge in [-0.15, -0.1) is 0 Å². The number of carbonyl (C=O) groups is 2. The number of rotatable bonds is 2. The van der Waals surface area contributed by atoms with Crippen LogP contribution in [0.4, 0.5) is 0 Å². The summed E-state index contributed by atoms with van der Waals surface area (Å²) in [5.74, 6) is -2.27. The summed E-state index contributed by atoms with van der Waals surface area (Å²) < 4.78 is 4.66. The van der Waals surface area contributed by atoms with Crippen LogP contribution in [0.3, 0.4) is 0 Å². The molecule has 4 atom stereocenters. The van der Waals surface area contributed by atoms with Gasteiger partial charge in [0.05, 0.1) is 12.2 Å². The van der Waals surface area contributed by atoms with Crippen LogP contribution in [-0.2, 0) is 14.3 Å². The van der Waals surface area contributed by atoms with Crippen molar-refractivity contribution in [2.24, 2.45) is 0 Å². The molecule has 16 heavy (non-hydrogen) atoms. The van der Waals surface area contributed by atoms with Crippen LogP contribution >= 0.6 is 0 Å². The van der Waals surface area contributed by atoms with E-state index in [4.69, 9.17) is 5.11 Å². The first kappa shape index (κ1) is 12.9. The summed E-state index contributed by atoms with van der Waals surface area (Å²) >= 11 is 0. The Balaban J connectivity index is 2.95. The molecule has 7 heteroatoms. The van der Waals surface area contributed by atoms with Gasteiger partial charge >= 0.3 is 11.9 Å². The third-order valence-corrected chi connectivity index (χ3v) is 2.60. The van der Waals surface area contributed by atoms with Crippen molar-refractivity contribution in [3.8, 4) is 0 Å². The van der Waals surface area contributed by atoms with Gasteiger partial charge in [0.1, 0.15) is 6.10 Å². The first-order chi connectivity index (χ1) is 7.28. The number of hydrogen-bond acceptors (Lipinski definition) is 6. The van der Waals surface area contributed by atoms with E-state index in [2.05, 4.69) is 4.74 Å². The maximum absolute atomic E-state index is 11.0. The van der Waals surface area contributed by atoms with E-state index in [1.54, 1.807) is 0 Å². The maximum atomic E-state index is 11.0. The van der Waals surface area contributed by atoms with Gasteiger partial charge in [0.15, 0.2) is 0 Å². The lowest BCUT2D eigenvalue weighted by Gasteiger charge is -2.39. The molecule has 0 bridgehead atoms. The minimum atomic E-state index is -1.97. The van der Waals surface area contributed by atoms with Crippen LogP contribution in [0.25, 0.3) is 0 Å². The molecule has 1 aliphatic rings. The summed E-state index contributed by atoms with van der Waals surface area (Å²) in [6, 6.07) is 0. The fourth-order valence-electron chi connectivity index (χ4n) is 1.83. The number of carboxylic acid groups (broad SMARTS) is 1. The zero-order valence-electron chi connectivity index (χ0n) is 8.66. The summed E-state index contributed by atoms with van der Waals surface area (Å²) in [6.45, 7) is 1.04. The Hall–Kier alpha value is -1.18. The number of aliphatic hydroxyl groups is 3. The highest BCUT2D eigenvalue weighted by molar-refractivity contribution is 5.81. The van der Waals surface area contributed by atoms with E-state index in [-0.39, 0.29) is 0 Å². The van der Waals surface area contributed by atoms with Gasteiger partial charge in [-0.25, -0.2) is 4.79 Å². The number of ether oxygens (including phenoxy) is 1. The Morgan fingerprint density at radius 2 is 1.62 bits per heavy atom. The van der Waals surface area contributed by atoms with E-state index < -0.39 is 48.7 Å². The molecule has 0 aromatic carbocycles. The molecule has 92 valence electrons. The Morgan fingerprint density at radius 3 is 1.94 bits per heavy atom. The molecule has 7 nitrogen and oxygen atoms in total. The standard InChI is InChI=1S/C9H14O7/c1-4(10)16-9(8(14)15)2-5(11)7(13)6(12)3-9/h5-7,11-13H,2-3H2,1H3,(H,14,15)/t5-,6?,7-,9+/m1/s1. The van der Waals surface area contributed by atoms with Crippen LogP contribution in [0.5, 0.6) is 0 Å². The summed E-state index contributed by atoms with van der Waals surface area (Å²) in [7, 11) is 0. The smallest absolute Gasteiger partial charge is 0.348 e. The van der Waals surface area contributed by atoms with Crippen molar-refractivity contribution in [1.29, 1.82) is 0 Å². The van der Waals surface area contributed by atoms with Gasteiger partial charge in [-0.3, -0.25) is 4.79 Å². The Kier molecular flexibility index (Phi) is 3.51. The Bertz CT molecular complexity index is 288. The number of esters is 1. The third-order valence-electron chi connectivity index (χ3n) is 2.60. The lowest BCUT2D eigenvalue weighted by Crippen LogP contribution is -2.57. The van der Waals surface area contributed by atoms with Crippen molar-refractivity contribution in [2.75, 3.05) is 0 Å². The summed E-state index contributed by atoms with van der Waals surface area (Å²) in [5.41, 5.74) is -1.97. The third kappa shape index (κ3) is 2.31. The van der Waals surface area contributed by atoms with E-state index in [1.807, 2.05) is 0 Å². The highest BCUT2D eigenvalue weighted by atomic mass is 16.6. The normalized spacial score (nSPS) is 39.1. The van der Waals surface area contributed by atoms with E-state index in [9.17, 15) is 24.9 Å². The molecule has 1 saturated carbocycles. The lowest BCUT2D eigenvalue weighted by molar-refractivity contribution is -0.203. The van der Waals surface area contributed by atoms with Crippen LogP contribution in [0.1, 0.15) is 19.8 Å². The second-order valence-electron chi connectivity index (χ2n) is 3.93. The summed E-state index contributed by atoms with van der Waals surface area (Å²) in [5, 5.41) is 37.0. The van der Waals surface area contributed by atoms with Gasteiger partial charge < -0.3 is 25.2 Å². The van der Waals surface area contributed by atoms with Crippen LogP contribution in [0.2, 0.25) is 0 Å². The molecule has 0 aromatic heterocycles. The van der Waals surface area contributed by atoms with E-state index in [1.165, 1.54) is 0 Å². The zero-order valence-corrected chi connectivity index (χ0v) is 8.66. The van der Waals surface area contributed by atoms with Crippen molar-refractivity contribution < 1.29 is 34.8 Å². The summed E-state index contributed by atoms with van der Waals surface area (Å²) in [4.78, 5) is 21.8. The molecule has 1 fully saturated rings. The Morgan fingerprint density at radius 1 is 1.19 bits per heavy atom. The van der Waals surface area contributed by atoms with Gasteiger partial charge in [-0.05, 0) is 0 Å². The van der Waals surface area contributed by atoms with Gasteiger partial charge in [-0.1, -0.05) is 0 Å². The minimum Gasteiger partial charge on any atom is -0.478 e. The average Bonchev–Trinajstić information content (AvgIpc) is 2.12. The second-order valence-corrected chi connectivity index (χ2v) is 3.93. The molecular formula is C9H14O7. The quantitative estimate of drug-likeness (QED) is 0.417. The Labute approximate surface area is 91.3 Å². The number of carbonyl (C=O) groups excluding carboxylic acids is 1. The van der Waals surface area contributed by atoms with Crippen molar-refractivity contribution in [2.45, 2.75) is 43.7 Å². The molecule has 4 N–H and O–H groups in total. The number of carboxylic acids is 1. The molecule has 0 saturated heterocycles. The van der Waals surface area contributed by atoms with E-state index in [0.29, 0.717) is 0 Å². The monoisotopic (exact) mass is 234 g/mol. The maximum Gasteiger partial charge on any atom is 0.348 e. The predicted octanol–water partition coefficient (Wildman–Crippen LogP) is -1.75. The molecule has 1 rings (SSSR count). The topological polar surface area (TPSA) is 124 Å². The van der Waals surface area contributed by atoms with Crippen LogP contribution < -0.4 is 0 Å². The molecule has 0 amide bonds. The van der Waals surface area contributed by atoms with Crippen molar-refractivity contribution in [1.82, 2.24) is 0 Å². The molecule has 0 radical (unpaired) electrons. The average molecular weight is 234 g/mol. The second kappa shape index (κ2) is 4.36. The highest BCUT2D eigenvalue weighted by Gasteiger charge is 2.52. The van der Waals surface area contributed by atoms with Crippen LogP contribution in [0, 0.1) is 0 Å². The predicted molar refractivity (Wildman–Crippen MR) is 49.4 cm³/mol. The van der Waals surface area contributed by atoms with Gasteiger partial charge in [-0.2, -0.15) is 0 Å². The van der Waals surface area contributed by atoms with Crippen LogP contribution in [0.15, 0.2) is 0 Å². The van der Waals surface area contributed by atoms with Crippen LogP contribution in [-0.4, -0.2) is 56.3 Å². The first-order valence-electron chi connectivity index (χ1n) is 4.75. The first-order valence-corrected chi connectivity index (χ1v) is 4.75.